The van der Waals surface area contributed by atoms with E-state index < -0.39 is 0 Å². The highest BCUT2D eigenvalue weighted by Crippen LogP contribution is 2.19. The molecule has 96 valence electrons. The Morgan fingerprint density at radius 1 is 1.33 bits per heavy atom. The summed E-state index contributed by atoms with van der Waals surface area (Å²) in [4.78, 5) is 7.81. The van der Waals surface area contributed by atoms with E-state index in [1.54, 1.807) is 0 Å². The van der Waals surface area contributed by atoms with Gasteiger partial charge in [-0.2, -0.15) is 10.1 Å². The molecule has 0 saturated heterocycles. The zero-order chi connectivity index (χ0) is 13.0. The molecule has 2 rings (SSSR count). The number of hydrogen-bond donors (Lipinski definition) is 2. The molecule has 0 atom stereocenters. The Kier molecular flexibility index (Phi) is 4.38. The van der Waals surface area contributed by atoms with Gasteiger partial charge in [0.1, 0.15) is 10.8 Å². The molecule has 0 aliphatic rings. The van der Waals surface area contributed by atoms with Crippen molar-refractivity contribution >= 4 is 29.0 Å². The summed E-state index contributed by atoms with van der Waals surface area (Å²) in [5.74, 6) is 0.570. The summed E-state index contributed by atoms with van der Waals surface area (Å²) < 4.78 is 0. The largest absolute Gasteiger partial charge is 0.369 e. The summed E-state index contributed by atoms with van der Waals surface area (Å²) >= 11 is 11.6. The van der Waals surface area contributed by atoms with Crippen LogP contribution in [-0.4, -0.2) is 26.7 Å². The second-order valence-corrected chi connectivity index (χ2v) is 4.63. The van der Waals surface area contributed by atoms with Crippen LogP contribution in [-0.2, 0) is 6.42 Å². The van der Waals surface area contributed by atoms with Crippen LogP contribution in [0.25, 0.3) is 0 Å². The van der Waals surface area contributed by atoms with Crippen LogP contribution in [0, 0.1) is 6.92 Å². The SMILES string of the molecule is Cc1[nH]ncc1CCCNc1nc(Cl)ncc1Cl. The minimum atomic E-state index is 0.188. The second kappa shape index (κ2) is 6.02. The van der Waals surface area contributed by atoms with E-state index in [1.807, 2.05) is 13.1 Å². The fourth-order valence-electron chi connectivity index (χ4n) is 1.58. The molecule has 0 aliphatic heterocycles. The van der Waals surface area contributed by atoms with Gasteiger partial charge in [-0.1, -0.05) is 11.6 Å². The highest BCUT2D eigenvalue weighted by atomic mass is 35.5. The fourth-order valence-corrected chi connectivity index (χ4v) is 1.87. The van der Waals surface area contributed by atoms with Gasteiger partial charge in [-0.15, -0.1) is 0 Å². The predicted octanol–water partition coefficient (Wildman–Crippen LogP) is 2.86. The summed E-state index contributed by atoms with van der Waals surface area (Å²) in [7, 11) is 0. The van der Waals surface area contributed by atoms with E-state index >= 15 is 0 Å². The monoisotopic (exact) mass is 285 g/mol. The van der Waals surface area contributed by atoms with Gasteiger partial charge in [0, 0.05) is 12.2 Å². The second-order valence-electron chi connectivity index (χ2n) is 3.89. The highest BCUT2D eigenvalue weighted by Gasteiger charge is 2.04. The molecule has 0 fully saturated rings. The maximum atomic E-state index is 5.94. The van der Waals surface area contributed by atoms with E-state index in [2.05, 4.69) is 25.5 Å². The van der Waals surface area contributed by atoms with Gasteiger partial charge in [-0.25, -0.2) is 4.98 Å². The Balaban J connectivity index is 1.82. The van der Waals surface area contributed by atoms with E-state index in [1.165, 1.54) is 11.8 Å². The zero-order valence-corrected chi connectivity index (χ0v) is 11.4. The first-order valence-electron chi connectivity index (χ1n) is 5.57. The lowest BCUT2D eigenvalue weighted by Crippen LogP contribution is -2.06. The molecular formula is C11H13Cl2N5. The van der Waals surface area contributed by atoms with Crippen molar-refractivity contribution in [1.82, 2.24) is 20.2 Å². The molecular weight excluding hydrogens is 273 g/mol. The number of nitrogens with one attached hydrogen (secondary N) is 2. The van der Waals surface area contributed by atoms with Crippen LogP contribution in [0.1, 0.15) is 17.7 Å². The predicted molar refractivity (Wildman–Crippen MR) is 72.2 cm³/mol. The molecule has 0 unspecified atom stereocenters. The number of hydrogen-bond acceptors (Lipinski definition) is 4. The zero-order valence-electron chi connectivity index (χ0n) is 9.87. The lowest BCUT2D eigenvalue weighted by Gasteiger charge is -2.06. The smallest absolute Gasteiger partial charge is 0.224 e. The minimum Gasteiger partial charge on any atom is -0.369 e. The molecule has 2 aromatic heterocycles. The number of H-pyrrole nitrogens is 1. The Bertz CT molecular complexity index is 526. The normalized spacial score (nSPS) is 10.6. The van der Waals surface area contributed by atoms with Crippen molar-refractivity contribution < 1.29 is 0 Å². The van der Waals surface area contributed by atoms with Crippen molar-refractivity contribution in [2.75, 3.05) is 11.9 Å². The van der Waals surface area contributed by atoms with Gasteiger partial charge in [0.2, 0.25) is 5.28 Å². The summed E-state index contributed by atoms with van der Waals surface area (Å²) in [6.45, 7) is 2.77. The number of rotatable bonds is 5. The highest BCUT2D eigenvalue weighted by molar-refractivity contribution is 6.33. The lowest BCUT2D eigenvalue weighted by molar-refractivity contribution is 0.852. The van der Waals surface area contributed by atoms with Crippen LogP contribution >= 0.6 is 23.2 Å². The van der Waals surface area contributed by atoms with Crippen LogP contribution in [0.3, 0.4) is 0 Å². The van der Waals surface area contributed by atoms with E-state index in [-0.39, 0.29) is 5.28 Å². The topological polar surface area (TPSA) is 66.5 Å². The van der Waals surface area contributed by atoms with Crippen molar-refractivity contribution in [2.45, 2.75) is 19.8 Å². The van der Waals surface area contributed by atoms with Gasteiger partial charge in [-0.3, -0.25) is 5.10 Å². The van der Waals surface area contributed by atoms with E-state index in [0.717, 1.165) is 25.1 Å². The molecule has 0 bridgehead atoms. The van der Waals surface area contributed by atoms with Crippen molar-refractivity contribution in [1.29, 1.82) is 0 Å². The first-order chi connectivity index (χ1) is 8.66. The van der Waals surface area contributed by atoms with Crippen molar-refractivity contribution in [3.63, 3.8) is 0 Å². The number of aromatic nitrogens is 4. The van der Waals surface area contributed by atoms with E-state index in [4.69, 9.17) is 23.2 Å². The summed E-state index contributed by atoms with van der Waals surface area (Å²) in [6, 6.07) is 0. The maximum absolute atomic E-state index is 5.94. The molecule has 18 heavy (non-hydrogen) atoms. The fraction of sp³-hybridized carbons (Fsp3) is 0.364. The maximum Gasteiger partial charge on any atom is 0.224 e. The van der Waals surface area contributed by atoms with E-state index in [0.29, 0.717) is 10.8 Å². The first-order valence-corrected chi connectivity index (χ1v) is 6.33. The molecule has 0 aliphatic carbocycles. The number of halogens is 2. The summed E-state index contributed by atoms with van der Waals surface area (Å²) in [5.41, 5.74) is 2.33. The van der Waals surface area contributed by atoms with Gasteiger partial charge in [-0.05, 0) is 36.9 Å². The summed E-state index contributed by atoms with van der Waals surface area (Å²) in [6.07, 6.45) is 5.24. The molecule has 0 amide bonds. The number of aryl methyl sites for hydroxylation is 2. The van der Waals surface area contributed by atoms with Crippen molar-refractivity contribution in [3.05, 3.63) is 34.0 Å². The quantitative estimate of drug-likeness (QED) is 0.655. The van der Waals surface area contributed by atoms with Crippen LogP contribution in [0.5, 0.6) is 0 Å². The Morgan fingerprint density at radius 2 is 2.17 bits per heavy atom. The molecule has 0 radical (unpaired) electrons. The third-order valence-electron chi connectivity index (χ3n) is 2.56. The van der Waals surface area contributed by atoms with Crippen molar-refractivity contribution in [3.8, 4) is 0 Å². The van der Waals surface area contributed by atoms with Gasteiger partial charge in [0.15, 0.2) is 0 Å². The lowest BCUT2D eigenvalue weighted by atomic mass is 10.1. The minimum absolute atomic E-state index is 0.188. The average Bonchev–Trinajstić information content (AvgIpc) is 2.75. The standard InChI is InChI=1S/C11H13Cl2N5/c1-7-8(5-16-18-7)3-2-4-14-10-9(12)6-15-11(13)17-10/h5-6H,2-4H2,1H3,(H,16,18)(H,14,15,17). The molecule has 5 nitrogen and oxygen atoms in total. The number of aromatic amines is 1. The molecule has 0 saturated carbocycles. The Morgan fingerprint density at radius 3 is 2.89 bits per heavy atom. The molecule has 0 spiro atoms. The summed E-state index contributed by atoms with van der Waals surface area (Å²) in [5, 5.41) is 10.7. The van der Waals surface area contributed by atoms with Crippen LogP contribution in [0.2, 0.25) is 10.3 Å². The Labute approximate surface area is 115 Å². The third kappa shape index (κ3) is 3.34. The van der Waals surface area contributed by atoms with Crippen molar-refractivity contribution in [2.24, 2.45) is 0 Å². The van der Waals surface area contributed by atoms with Crippen LogP contribution < -0.4 is 5.32 Å². The average molecular weight is 286 g/mol. The van der Waals surface area contributed by atoms with Gasteiger partial charge >= 0.3 is 0 Å². The van der Waals surface area contributed by atoms with E-state index in [9.17, 15) is 0 Å². The molecule has 0 aromatic carbocycles. The number of nitrogens with zero attached hydrogens (tertiary/aromatic N) is 3. The first kappa shape index (κ1) is 13.1. The van der Waals surface area contributed by atoms with Gasteiger partial charge < -0.3 is 5.32 Å². The van der Waals surface area contributed by atoms with Crippen LogP contribution in [0.15, 0.2) is 12.4 Å². The molecule has 2 N–H and O–H groups in total. The van der Waals surface area contributed by atoms with Crippen LogP contribution in [0.4, 0.5) is 5.82 Å². The van der Waals surface area contributed by atoms with Gasteiger partial charge in [0.25, 0.3) is 0 Å². The molecule has 7 heteroatoms. The number of anilines is 1. The Hall–Kier alpha value is -1.33. The molecule has 2 heterocycles. The molecule has 2 aromatic rings. The third-order valence-corrected chi connectivity index (χ3v) is 3.02. The van der Waals surface area contributed by atoms with Gasteiger partial charge in [0.05, 0.1) is 12.4 Å².